The second-order valence-electron chi connectivity index (χ2n) is 6.15. The van der Waals surface area contributed by atoms with Gasteiger partial charge in [-0.05, 0) is 43.7 Å². The highest BCUT2D eigenvalue weighted by Crippen LogP contribution is 2.13. The van der Waals surface area contributed by atoms with E-state index in [1.165, 1.54) is 0 Å². The molecular formula is C20H29N7O. The van der Waals surface area contributed by atoms with E-state index in [0.29, 0.717) is 12.2 Å². The molecule has 1 aromatic carbocycles. The fourth-order valence-electron chi connectivity index (χ4n) is 2.74. The summed E-state index contributed by atoms with van der Waals surface area (Å²) in [6.45, 7) is 8.12. The first-order valence-electron chi connectivity index (χ1n) is 9.47. The summed E-state index contributed by atoms with van der Waals surface area (Å²) in [7, 11) is 0. The second-order valence-corrected chi connectivity index (χ2v) is 6.15. The fraction of sp³-hybridized carbons (Fsp3) is 0.350. The number of nitrogens with zero attached hydrogens (tertiary/aromatic N) is 3. The van der Waals surface area contributed by atoms with Gasteiger partial charge in [0.1, 0.15) is 5.65 Å². The monoisotopic (exact) mass is 383 g/mol. The molecule has 3 rings (SSSR count). The van der Waals surface area contributed by atoms with Gasteiger partial charge in [-0.1, -0.05) is 26.0 Å². The molecule has 3 aromatic rings. The number of aromatic amines is 1. The minimum atomic E-state index is -0.301. The molecule has 0 amide bonds. The van der Waals surface area contributed by atoms with Crippen molar-refractivity contribution in [1.82, 2.24) is 19.9 Å². The maximum atomic E-state index is 12.2. The van der Waals surface area contributed by atoms with Crippen molar-refractivity contribution in [3.63, 3.8) is 0 Å². The van der Waals surface area contributed by atoms with Gasteiger partial charge in [0.15, 0.2) is 5.96 Å². The number of nitrogens with two attached hydrogens (primary N) is 2. The third-order valence-electron chi connectivity index (χ3n) is 3.99. The normalized spacial score (nSPS) is 10.4. The molecule has 150 valence electrons. The number of aryl methyl sites for hydroxylation is 1. The molecule has 0 spiro atoms. The minimum Gasteiger partial charge on any atom is -0.370 e. The molecule has 2 heterocycles. The predicted octanol–water partition coefficient (Wildman–Crippen LogP) is 1.80. The SMILES string of the molecule is CC.Cc1cc2cn(-c3ccc(CNCCCN=C(N)N)cc3)c(=O)nc2[nH]1. The molecule has 0 bridgehead atoms. The average molecular weight is 384 g/mol. The van der Waals surface area contributed by atoms with Gasteiger partial charge < -0.3 is 21.8 Å². The van der Waals surface area contributed by atoms with Crippen LogP contribution in [0, 0.1) is 6.92 Å². The quantitative estimate of drug-likeness (QED) is 0.281. The number of hydrogen-bond donors (Lipinski definition) is 4. The van der Waals surface area contributed by atoms with Crippen molar-refractivity contribution in [1.29, 1.82) is 0 Å². The summed E-state index contributed by atoms with van der Waals surface area (Å²) in [5, 5.41) is 4.25. The van der Waals surface area contributed by atoms with Gasteiger partial charge in [-0.2, -0.15) is 4.98 Å². The first-order valence-corrected chi connectivity index (χ1v) is 9.47. The summed E-state index contributed by atoms with van der Waals surface area (Å²) >= 11 is 0. The molecule has 0 atom stereocenters. The Morgan fingerprint density at radius 2 is 1.96 bits per heavy atom. The zero-order valence-corrected chi connectivity index (χ0v) is 16.7. The Morgan fingerprint density at radius 1 is 1.25 bits per heavy atom. The van der Waals surface area contributed by atoms with Gasteiger partial charge in [0.25, 0.3) is 0 Å². The van der Waals surface area contributed by atoms with Crippen LogP contribution in [0.25, 0.3) is 16.7 Å². The van der Waals surface area contributed by atoms with Crippen LogP contribution in [-0.4, -0.2) is 33.6 Å². The van der Waals surface area contributed by atoms with Crippen molar-refractivity contribution < 1.29 is 0 Å². The van der Waals surface area contributed by atoms with E-state index in [9.17, 15) is 4.79 Å². The standard InChI is InChI=1S/C18H23N7O.C2H6/c1-12-9-14-11-25(18(26)24-16(14)23-12)15-5-3-13(4-6-15)10-21-7-2-8-22-17(19)20;1-2/h3-6,9,11,21H,2,7-8,10H2,1H3,(H4,19,20,22)(H,23,24,26);1-2H3. The highest BCUT2D eigenvalue weighted by atomic mass is 16.1. The van der Waals surface area contributed by atoms with E-state index in [1.54, 1.807) is 4.57 Å². The summed E-state index contributed by atoms with van der Waals surface area (Å²) in [4.78, 5) is 23.3. The van der Waals surface area contributed by atoms with Crippen LogP contribution in [-0.2, 0) is 6.54 Å². The summed E-state index contributed by atoms with van der Waals surface area (Å²) in [6.07, 6.45) is 2.68. The third-order valence-corrected chi connectivity index (χ3v) is 3.99. The van der Waals surface area contributed by atoms with Gasteiger partial charge in [0.05, 0.1) is 5.69 Å². The van der Waals surface area contributed by atoms with Crippen molar-refractivity contribution in [2.75, 3.05) is 13.1 Å². The van der Waals surface area contributed by atoms with Gasteiger partial charge in [0.2, 0.25) is 0 Å². The van der Waals surface area contributed by atoms with Crippen LogP contribution in [0.4, 0.5) is 0 Å². The van der Waals surface area contributed by atoms with E-state index in [4.69, 9.17) is 11.5 Å². The molecule has 0 fully saturated rings. The summed E-state index contributed by atoms with van der Waals surface area (Å²) < 4.78 is 1.56. The largest absolute Gasteiger partial charge is 0.370 e. The smallest absolute Gasteiger partial charge is 0.354 e. The summed E-state index contributed by atoms with van der Waals surface area (Å²) in [5.41, 5.74) is 13.8. The lowest BCUT2D eigenvalue weighted by molar-refractivity contribution is 0.655. The first kappa shape index (κ1) is 21.2. The number of nitrogens with one attached hydrogen (secondary N) is 2. The van der Waals surface area contributed by atoms with E-state index in [-0.39, 0.29) is 11.6 Å². The van der Waals surface area contributed by atoms with Crippen LogP contribution < -0.4 is 22.5 Å². The number of benzene rings is 1. The number of hydrogen-bond acceptors (Lipinski definition) is 4. The van der Waals surface area contributed by atoms with Gasteiger partial charge in [-0.25, -0.2) is 4.79 Å². The van der Waals surface area contributed by atoms with Crippen molar-refractivity contribution in [2.24, 2.45) is 16.5 Å². The van der Waals surface area contributed by atoms with E-state index < -0.39 is 0 Å². The lowest BCUT2D eigenvalue weighted by Crippen LogP contribution is -2.23. The Bertz CT molecular complexity index is 966. The Hall–Kier alpha value is -3.13. The highest BCUT2D eigenvalue weighted by molar-refractivity contribution is 5.76. The van der Waals surface area contributed by atoms with Crippen LogP contribution in [0.2, 0.25) is 0 Å². The molecule has 0 unspecified atom stereocenters. The van der Waals surface area contributed by atoms with Crippen LogP contribution in [0.5, 0.6) is 0 Å². The van der Waals surface area contributed by atoms with Gasteiger partial charge >= 0.3 is 5.69 Å². The maximum absolute atomic E-state index is 12.2. The number of guanidine groups is 1. The summed E-state index contributed by atoms with van der Waals surface area (Å²) in [5.74, 6) is 0.123. The number of H-pyrrole nitrogens is 1. The fourth-order valence-corrected chi connectivity index (χ4v) is 2.74. The van der Waals surface area contributed by atoms with Crippen LogP contribution in [0.1, 0.15) is 31.5 Å². The average Bonchev–Trinajstić information content (AvgIpc) is 3.04. The van der Waals surface area contributed by atoms with Gasteiger partial charge in [-0.3, -0.25) is 9.56 Å². The maximum Gasteiger partial charge on any atom is 0.354 e. The van der Waals surface area contributed by atoms with Crippen LogP contribution in [0.3, 0.4) is 0 Å². The molecule has 8 heteroatoms. The molecule has 0 aliphatic rings. The number of aromatic nitrogens is 3. The molecule has 28 heavy (non-hydrogen) atoms. The van der Waals surface area contributed by atoms with Crippen molar-refractivity contribution in [3.05, 3.63) is 58.3 Å². The number of aliphatic imine (C=N–C) groups is 1. The zero-order chi connectivity index (χ0) is 20.5. The molecule has 0 aliphatic carbocycles. The van der Waals surface area contributed by atoms with Crippen molar-refractivity contribution >= 4 is 17.0 Å². The number of fused-ring (bicyclic) bond motifs is 1. The topological polar surface area (TPSA) is 127 Å². The Labute approximate surface area is 164 Å². The molecule has 0 radical (unpaired) electrons. The second kappa shape index (κ2) is 10.3. The molecule has 0 saturated carbocycles. The minimum absolute atomic E-state index is 0.123. The van der Waals surface area contributed by atoms with E-state index in [2.05, 4.69) is 20.3 Å². The molecule has 0 aliphatic heterocycles. The zero-order valence-electron chi connectivity index (χ0n) is 16.7. The van der Waals surface area contributed by atoms with Gasteiger partial charge in [0, 0.05) is 30.4 Å². The Morgan fingerprint density at radius 3 is 2.64 bits per heavy atom. The predicted molar refractivity (Wildman–Crippen MR) is 115 cm³/mol. The van der Waals surface area contributed by atoms with Gasteiger partial charge in [-0.15, -0.1) is 0 Å². The lowest BCUT2D eigenvalue weighted by atomic mass is 10.2. The molecular weight excluding hydrogens is 354 g/mol. The lowest BCUT2D eigenvalue weighted by Gasteiger charge is -2.08. The Kier molecular flexibility index (Phi) is 7.76. The number of rotatable bonds is 7. The molecule has 2 aromatic heterocycles. The molecule has 8 nitrogen and oxygen atoms in total. The first-order chi connectivity index (χ1) is 13.5. The van der Waals surface area contributed by atoms with Crippen LogP contribution in [0.15, 0.2) is 46.3 Å². The molecule has 0 saturated heterocycles. The van der Waals surface area contributed by atoms with E-state index in [0.717, 1.165) is 41.8 Å². The summed E-state index contributed by atoms with van der Waals surface area (Å²) in [6, 6.07) is 9.81. The van der Waals surface area contributed by atoms with Crippen molar-refractivity contribution in [2.45, 2.75) is 33.7 Å². The van der Waals surface area contributed by atoms with Crippen LogP contribution >= 0.6 is 0 Å². The Balaban J connectivity index is 0.00000136. The van der Waals surface area contributed by atoms with E-state index >= 15 is 0 Å². The van der Waals surface area contributed by atoms with E-state index in [1.807, 2.05) is 57.3 Å². The third kappa shape index (κ3) is 5.68. The van der Waals surface area contributed by atoms with Crippen molar-refractivity contribution in [3.8, 4) is 5.69 Å². The molecule has 6 N–H and O–H groups in total. The highest BCUT2D eigenvalue weighted by Gasteiger charge is 2.06.